The predicted octanol–water partition coefficient (Wildman–Crippen LogP) is 2.47. The summed E-state index contributed by atoms with van der Waals surface area (Å²) >= 11 is 0. The van der Waals surface area contributed by atoms with Crippen LogP contribution in [0.4, 0.5) is 11.4 Å². The van der Waals surface area contributed by atoms with Gasteiger partial charge in [-0.05, 0) is 44.5 Å². The van der Waals surface area contributed by atoms with Crippen molar-refractivity contribution in [3.8, 4) is 0 Å². The molecule has 0 spiro atoms. The van der Waals surface area contributed by atoms with Crippen molar-refractivity contribution in [1.29, 1.82) is 0 Å². The first kappa shape index (κ1) is 18.5. The smallest absolute Gasteiger partial charge is 0.306 e. The van der Waals surface area contributed by atoms with Crippen LogP contribution in [0.15, 0.2) is 28.8 Å². The van der Waals surface area contributed by atoms with Crippen LogP contribution in [-0.2, 0) is 20.7 Å². The van der Waals surface area contributed by atoms with Crippen molar-refractivity contribution >= 4 is 23.3 Å². The van der Waals surface area contributed by atoms with Crippen LogP contribution in [0.25, 0.3) is 0 Å². The number of nitrogens with one attached hydrogen (secondary N) is 1. The van der Waals surface area contributed by atoms with Gasteiger partial charge in [0, 0.05) is 37.5 Å². The quantitative estimate of drug-likeness (QED) is 0.776. The van der Waals surface area contributed by atoms with Gasteiger partial charge in [-0.2, -0.15) is 0 Å². The predicted molar refractivity (Wildman–Crippen MR) is 94.7 cm³/mol. The summed E-state index contributed by atoms with van der Waals surface area (Å²) in [4.78, 5) is 25.6. The Morgan fingerprint density at radius 1 is 1.20 bits per heavy atom. The highest BCUT2D eigenvalue weighted by molar-refractivity contribution is 5.92. The summed E-state index contributed by atoms with van der Waals surface area (Å²) in [6.07, 6.45) is 0.654. The van der Waals surface area contributed by atoms with E-state index >= 15 is 0 Å². The maximum atomic E-state index is 11.9. The fraction of sp³-hybridized carbons (Fsp3) is 0.389. The maximum absolute atomic E-state index is 11.9. The first-order valence-electron chi connectivity index (χ1n) is 8.01. The van der Waals surface area contributed by atoms with Gasteiger partial charge in [-0.3, -0.25) is 9.59 Å². The average Bonchev–Trinajstić information content (AvgIpc) is 2.90. The third kappa shape index (κ3) is 5.34. The molecular weight excluding hydrogens is 322 g/mol. The molecule has 0 saturated carbocycles. The molecule has 7 heteroatoms. The zero-order chi connectivity index (χ0) is 18.4. The summed E-state index contributed by atoms with van der Waals surface area (Å²) in [5.41, 5.74) is 3.36. The Labute approximate surface area is 146 Å². The number of amides is 1. The largest absolute Gasteiger partial charge is 0.456 e. The zero-order valence-corrected chi connectivity index (χ0v) is 15.0. The Bertz CT molecular complexity index is 716. The van der Waals surface area contributed by atoms with E-state index < -0.39 is 5.97 Å². The lowest BCUT2D eigenvalue weighted by Gasteiger charge is -2.13. The monoisotopic (exact) mass is 345 g/mol. The molecule has 0 atom stereocenters. The molecule has 1 aromatic carbocycles. The molecule has 0 aliphatic heterocycles. The van der Waals surface area contributed by atoms with Crippen LogP contribution in [-0.4, -0.2) is 37.7 Å². The Kier molecular flexibility index (Phi) is 6.16. The summed E-state index contributed by atoms with van der Waals surface area (Å²) < 4.78 is 10.1. The number of carbonyl (C=O) groups is 2. The molecule has 2 aromatic rings. The van der Waals surface area contributed by atoms with Crippen LogP contribution in [0, 0.1) is 13.8 Å². The molecular formula is C18H23N3O4. The molecule has 0 aliphatic rings. The minimum Gasteiger partial charge on any atom is -0.456 e. The van der Waals surface area contributed by atoms with Crippen molar-refractivity contribution in [2.75, 3.05) is 30.9 Å². The number of rotatable bonds is 7. The summed E-state index contributed by atoms with van der Waals surface area (Å²) in [6, 6.07) is 7.38. The van der Waals surface area contributed by atoms with E-state index in [0.29, 0.717) is 17.9 Å². The molecule has 134 valence electrons. The molecule has 0 fully saturated rings. The number of nitrogens with zero attached hydrogens (tertiary/aromatic N) is 2. The third-order valence-corrected chi connectivity index (χ3v) is 3.79. The Balaban J connectivity index is 1.74. The van der Waals surface area contributed by atoms with Crippen molar-refractivity contribution in [2.45, 2.75) is 26.7 Å². The molecule has 0 bridgehead atoms. The molecule has 0 radical (unpaired) electrons. The van der Waals surface area contributed by atoms with Gasteiger partial charge in [-0.15, -0.1) is 0 Å². The van der Waals surface area contributed by atoms with Crippen molar-refractivity contribution in [3.05, 3.63) is 41.3 Å². The number of anilines is 2. The van der Waals surface area contributed by atoms with Crippen molar-refractivity contribution in [2.24, 2.45) is 0 Å². The van der Waals surface area contributed by atoms with Crippen LogP contribution in [0.1, 0.15) is 23.4 Å². The fourth-order valence-corrected chi connectivity index (χ4v) is 2.34. The number of hydrogen-bond donors (Lipinski definition) is 1. The van der Waals surface area contributed by atoms with E-state index in [0.717, 1.165) is 16.9 Å². The number of ether oxygens (including phenoxy) is 1. The van der Waals surface area contributed by atoms with Gasteiger partial charge in [-0.1, -0.05) is 5.16 Å². The van der Waals surface area contributed by atoms with Gasteiger partial charge in [-0.25, -0.2) is 0 Å². The lowest BCUT2D eigenvalue weighted by Crippen LogP contribution is -2.21. The number of benzene rings is 1. The summed E-state index contributed by atoms with van der Waals surface area (Å²) in [5.74, 6) is -0.106. The SMILES string of the molecule is Cc1noc(C)c1CCC(=O)OCC(=O)Nc1ccc(N(C)C)cc1. The first-order valence-corrected chi connectivity index (χ1v) is 8.01. The maximum Gasteiger partial charge on any atom is 0.306 e. The van der Waals surface area contributed by atoms with Crippen LogP contribution in [0.3, 0.4) is 0 Å². The van der Waals surface area contributed by atoms with Crippen molar-refractivity contribution < 1.29 is 18.8 Å². The molecule has 0 unspecified atom stereocenters. The summed E-state index contributed by atoms with van der Waals surface area (Å²) in [6.45, 7) is 3.32. The normalized spacial score (nSPS) is 10.4. The van der Waals surface area contributed by atoms with E-state index in [9.17, 15) is 9.59 Å². The van der Waals surface area contributed by atoms with Gasteiger partial charge in [0.1, 0.15) is 5.76 Å². The fourth-order valence-electron chi connectivity index (χ4n) is 2.34. The van der Waals surface area contributed by atoms with Gasteiger partial charge in [0.15, 0.2) is 6.61 Å². The van der Waals surface area contributed by atoms with E-state index in [1.165, 1.54) is 0 Å². The van der Waals surface area contributed by atoms with Gasteiger partial charge in [0.25, 0.3) is 5.91 Å². The molecule has 2 rings (SSSR count). The molecule has 1 N–H and O–H groups in total. The Hall–Kier alpha value is -2.83. The Morgan fingerprint density at radius 2 is 1.88 bits per heavy atom. The minimum atomic E-state index is -0.432. The third-order valence-electron chi connectivity index (χ3n) is 3.79. The van der Waals surface area contributed by atoms with E-state index in [4.69, 9.17) is 9.26 Å². The zero-order valence-electron chi connectivity index (χ0n) is 15.0. The van der Waals surface area contributed by atoms with Crippen molar-refractivity contribution in [1.82, 2.24) is 5.16 Å². The lowest BCUT2D eigenvalue weighted by atomic mass is 10.1. The van der Waals surface area contributed by atoms with E-state index in [1.807, 2.05) is 38.1 Å². The van der Waals surface area contributed by atoms with E-state index in [-0.39, 0.29) is 18.9 Å². The van der Waals surface area contributed by atoms with Crippen LogP contribution < -0.4 is 10.2 Å². The lowest BCUT2D eigenvalue weighted by molar-refractivity contribution is -0.147. The molecule has 25 heavy (non-hydrogen) atoms. The topological polar surface area (TPSA) is 84.7 Å². The van der Waals surface area contributed by atoms with Gasteiger partial charge in [0.2, 0.25) is 0 Å². The molecule has 0 saturated heterocycles. The first-order chi connectivity index (χ1) is 11.9. The molecule has 1 aromatic heterocycles. The van der Waals surface area contributed by atoms with E-state index in [1.54, 1.807) is 19.1 Å². The average molecular weight is 345 g/mol. The second-order valence-corrected chi connectivity index (χ2v) is 5.95. The standard InChI is InChI=1S/C18H23N3O4/c1-12-16(13(2)25-20-12)9-10-18(23)24-11-17(22)19-14-5-7-15(8-6-14)21(3)4/h5-8H,9-11H2,1-4H3,(H,19,22). The van der Waals surface area contributed by atoms with Crippen LogP contribution >= 0.6 is 0 Å². The van der Waals surface area contributed by atoms with Gasteiger partial charge < -0.3 is 19.5 Å². The summed E-state index contributed by atoms with van der Waals surface area (Å²) in [7, 11) is 3.88. The minimum absolute atomic E-state index is 0.174. The highest BCUT2D eigenvalue weighted by atomic mass is 16.5. The summed E-state index contributed by atoms with van der Waals surface area (Å²) in [5, 5.41) is 6.53. The van der Waals surface area contributed by atoms with E-state index in [2.05, 4.69) is 10.5 Å². The number of aryl methyl sites for hydroxylation is 2. The molecule has 1 heterocycles. The van der Waals surface area contributed by atoms with Crippen molar-refractivity contribution in [3.63, 3.8) is 0 Å². The number of esters is 1. The second-order valence-electron chi connectivity index (χ2n) is 5.95. The Morgan fingerprint density at radius 3 is 2.44 bits per heavy atom. The highest BCUT2D eigenvalue weighted by Gasteiger charge is 2.13. The number of hydrogen-bond acceptors (Lipinski definition) is 6. The highest BCUT2D eigenvalue weighted by Crippen LogP contribution is 2.16. The van der Waals surface area contributed by atoms with Gasteiger partial charge in [0.05, 0.1) is 5.69 Å². The molecule has 1 amide bonds. The van der Waals surface area contributed by atoms with Crippen LogP contribution in [0.2, 0.25) is 0 Å². The number of aromatic nitrogens is 1. The molecule has 7 nitrogen and oxygen atoms in total. The number of carbonyl (C=O) groups excluding carboxylic acids is 2. The second kappa shape index (κ2) is 8.32. The van der Waals surface area contributed by atoms with Gasteiger partial charge >= 0.3 is 5.97 Å². The molecule has 0 aliphatic carbocycles. The van der Waals surface area contributed by atoms with Crippen LogP contribution in [0.5, 0.6) is 0 Å².